The van der Waals surface area contributed by atoms with Gasteiger partial charge in [-0.2, -0.15) is 0 Å². The smallest absolute Gasteiger partial charge is 0.228 e. The molecule has 1 saturated carbocycles. The molecule has 1 aromatic carbocycles. The summed E-state index contributed by atoms with van der Waals surface area (Å²) in [7, 11) is 1.69. The molecule has 22 heavy (non-hydrogen) atoms. The lowest BCUT2D eigenvalue weighted by Crippen LogP contribution is -2.51. The van der Waals surface area contributed by atoms with E-state index in [0.29, 0.717) is 12.5 Å². The molecule has 0 unspecified atom stereocenters. The van der Waals surface area contributed by atoms with E-state index in [0.717, 1.165) is 51.1 Å². The number of phenols is 1. The normalized spacial score (nSPS) is 20.0. The van der Waals surface area contributed by atoms with Gasteiger partial charge in [-0.15, -0.1) is 0 Å². The van der Waals surface area contributed by atoms with Gasteiger partial charge in [-0.1, -0.05) is 0 Å². The maximum atomic E-state index is 12.7. The molecule has 1 N–H and O–H groups in total. The van der Waals surface area contributed by atoms with E-state index in [4.69, 9.17) is 4.74 Å². The number of aromatic hydroxyl groups is 1. The molecule has 3 rings (SSSR count). The van der Waals surface area contributed by atoms with E-state index in [9.17, 15) is 9.90 Å². The first-order chi connectivity index (χ1) is 10.6. The third-order valence-electron chi connectivity index (χ3n) is 4.87. The molecule has 0 radical (unpaired) electrons. The van der Waals surface area contributed by atoms with E-state index in [1.807, 2.05) is 17.0 Å². The van der Waals surface area contributed by atoms with Crippen molar-refractivity contribution >= 4 is 11.6 Å². The molecule has 0 aromatic heterocycles. The number of hydrogen-bond donors (Lipinski definition) is 1. The van der Waals surface area contributed by atoms with Crippen molar-refractivity contribution < 1.29 is 14.6 Å². The van der Waals surface area contributed by atoms with Gasteiger partial charge >= 0.3 is 0 Å². The molecule has 0 atom stereocenters. The van der Waals surface area contributed by atoms with Crippen molar-refractivity contribution in [3.05, 3.63) is 24.3 Å². The zero-order valence-corrected chi connectivity index (χ0v) is 13.1. The average Bonchev–Trinajstić information content (AvgIpc) is 3.34. The van der Waals surface area contributed by atoms with Gasteiger partial charge in [0.05, 0.1) is 5.41 Å². The maximum Gasteiger partial charge on any atom is 0.228 e. The average molecular weight is 304 g/mol. The first kappa shape index (κ1) is 15.2. The third kappa shape index (κ3) is 3.04. The minimum Gasteiger partial charge on any atom is -0.508 e. The Morgan fingerprint density at radius 1 is 1.18 bits per heavy atom. The number of nitrogens with zero attached hydrogens (tertiary/aromatic N) is 2. The summed E-state index contributed by atoms with van der Waals surface area (Å²) in [5, 5.41) is 9.36. The van der Waals surface area contributed by atoms with E-state index in [2.05, 4.69) is 4.90 Å². The summed E-state index contributed by atoms with van der Waals surface area (Å²) < 4.78 is 5.14. The van der Waals surface area contributed by atoms with Crippen molar-refractivity contribution in [1.29, 1.82) is 0 Å². The van der Waals surface area contributed by atoms with E-state index in [1.54, 1.807) is 19.2 Å². The highest BCUT2D eigenvalue weighted by atomic mass is 16.5. The largest absolute Gasteiger partial charge is 0.508 e. The maximum absolute atomic E-state index is 12.7. The fourth-order valence-corrected chi connectivity index (χ4v) is 3.19. The quantitative estimate of drug-likeness (QED) is 0.902. The Bertz CT molecular complexity index is 517. The first-order valence-electron chi connectivity index (χ1n) is 7.97. The molecule has 1 heterocycles. The zero-order valence-electron chi connectivity index (χ0n) is 13.1. The SMILES string of the molecule is COCCC1(C(=O)N2CCN(c3ccc(O)cc3)CC2)CC1. The molecular weight excluding hydrogens is 280 g/mol. The van der Waals surface area contributed by atoms with E-state index in [-0.39, 0.29) is 11.2 Å². The van der Waals surface area contributed by atoms with Crippen LogP contribution in [0.25, 0.3) is 0 Å². The molecule has 1 aromatic rings. The van der Waals surface area contributed by atoms with Crippen molar-refractivity contribution in [1.82, 2.24) is 4.90 Å². The number of ether oxygens (including phenoxy) is 1. The number of carbonyl (C=O) groups excluding carboxylic acids is 1. The van der Waals surface area contributed by atoms with Gasteiger partial charge in [-0.05, 0) is 43.5 Å². The first-order valence-corrected chi connectivity index (χ1v) is 7.97. The van der Waals surface area contributed by atoms with E-state index < -0.39 is 0 Å². The summed E-state index contributed by atoms with van der Waals surface area (Å²) in [6.45, 7) is 3.90. The topological polar surface area (TPSA) is 53.0 Å². The van der Waals surface area contributed by atoms with Crippen LogP contribution in [0.4, 0.5) is 5.69 Å². The van der Waals surface area contributed by atoms with Crippen LogP contribution in [0.5, 0.6) is 5.75 Å². The number of rotatable bonds is 5. The Hall–Kier alpha value is -1.75. The minimum atomic E-state index is -0.128. The van der Waals surface area contributed by atoms with E-state index >= 15 is 0 Å². The van der Waals surface area contributed by atoms with Crippen LogP contribution < -0.4 is 4.90 Å². The third-order valence-corrected chi connectivity index (χ3v) is 4.87. The molecule has 5 heteroatoms. The fourth-order valence-electron chi connectivity index (χ4n) is 3.19. The number of methoxy groups -OCH3 is 1. The molecule has 1 aliphatic carbocycles. The van der Waals surface area contributed by atoms with Gasteiger partial charge in [0.25, 0.3) is 0 Å². The Morgan fingerprint density at radius 2 is 1.82 bits per heavy atom. The Balaban J connectivity index is 1.55. The summed E-state index contributed by atoms with van der Waals surface area (Å²) >= 11 is 0. The standard InChI is InChI=1S/C17H24N2O3/c1-22-13-8-17(6-7-17)16(21)19-11-9-18(10-12-19)14-2-4-15(20)5-3-14/h2-5,20H,6-13H2,1H3. The molecule has 2 aliphatic rings. The van der Waals surface area contributed by atoms with Crippen LogP contribution in [-0.4, -0.2) is 55.8 Å². The summed E-state index contributed by atoms with van der Waals surface area (Å²) in [4.78, 5) is 17.0. The predicted molar refractivity (Wildman–Crippen MR) is 85.1 cm³/mol. The van der Waals surface area contributed by atoms with Crippen molar-refractivity contribution in [2.24, 2.45) is 5.41 Å². The van der Waals surface area contributed by atoms with Crippen molar-refractivity contribution in [3.8, 4) is 5.75 Å². The van der Waals surface area contributed by atoms with Crippen LogP contribution in [0.1, 0.15) is 19.3 Å². The van der Waals surface area contributed by atoms with Gasteiger partial charge in [0.15, 0.2) is 0 Å². The highest BCUT2D eigenvalue weighted by Crippen LogP contribution is 2.50. The number of piperazine rings is 1. The second kappa shape index (κ2) is 6.16. The lowest BCUT2D eigenvalue weighted by Gasteiger charge is -2.37. The number of amides is 1. The minimum absolute atomic E-state index is 0.128. The number of benzene rings is 1. The van der Waals surface area contributed by atoms with Crippen LogP contribution >= 0.6 is 0 Å². The van der Waals surface area contributed by atoms with Crippen molar-refractivity contribution in [3.63, 3.8) is 0 Å². The van der Waals surface area contributed by atoms with Crippen molar-refractivity contribution in [2.45, 2.75) is 19.3 Å². The van der Waals surface area contributed by atoms with Crippen molar-refractivity contribution in [2.75, 3.05) is 44.8 Å². The summed E-state index contributed by atoms with van der Waals surface area (Å²) in [6.07, 6.45) is 2.86. The van der Waals surface area contributed by atoms with Gasteiger partial charge < -0.3 is 19.6 Å². The fraction of sp³-hybridized carbons (Fsp3) is 0.588. The number of hydrogen-bond acceptors (Lipinski definition) is 4. The van der Waals surface area contributed by atoms with Gasteiger partial charge in [-0.3, -0.25) is 4.79 Å². The molecule has 1 saturated heterocycles. The lowest BCUT2D eigenvalue weighted by molar-refractivity contribution is -0.138. The van der Waals surface area contributed by atoms with Gasteiger partial charge in [0, 0.05) is 45.6 Å². The van der Waals surface area contributed by atoms with Crippen LogP contribution in [-0.2, 0) is 9.53 Å². The predicted octanol–water partition coefficient (Wildman–Crippen LogP) is 1.86. The molecule has 1 aliphatic heterocycles. The molecule has 2 fully saturated rings. The highest BCUT2D eigenvalue weighted by molar-refractivity contribution is 5.85. The number of anilines is 1. The summed E-state index contributed by atoms with van der Waals surface area (Å²) in [5.74, 6) is 0.598. The van der Waals surface area contributed by atoms with Crippen LogP contribution in [0, 0.1) is 5.41 Å². The zero-order chi connectivity index (χ0) is 15.6. The molecule has 0 spiro atoms. The van der Waals surface area contributed by atoms with Crippen LogP contribution in [0.2, 0.25) is 0 Å². The molecular formula is C17H24N2O3. The Kier molecular flexibility index (Phi) is 4.25. The van der Waals surface area contributed by atoms with Crippen LogP contribution in [0.3, 0.4) is 0 Å². The van der Waals surface area contributed by atoms with Crippen LogP contribution in [0.15, 0.2) is 24.3 Å². The molecule has 5 nitrogen and oxygen atoms in total. The molecule has 120 valence electrons. The second-order valence-electron chi connectivity index (χ2n) is 6.32. The molecule has 0 bridgehead atoms. The monoisotopic (exact) mass is 304 g/mol. The Labute approximate surface area is 131 Å². The highest BCUT2D eigenvalue weighted by Gasteiger charge is 2.51. The van der Waals surface area contributed by atoms with Gasteiger partial charge in [-0.25, -0.2) is 0 Å². The Morgan fingerprint density at radius 3 is 2.36 bits per heavy atom. The number of phenolic OH excluding ortho intramolecular Hbond substituents is 1. The van der Waals surface area contributed by atoms with Gasteiger partial charge in [0.1, 0.15) is 5.75 Å². The number of carbonyl (C=O) groups is 1. The lowest BCUT2D eigenvalue weighted by atomic mass is 10.0. The summed E-state index contributed by atoms with van der Waals surface area (Å²) in [5.41, 5.74) is 0.974. The van der Waals surface area contributed by atoms with E-state index in [1.165, 1.54) is 0 Å². The summed E-state index contributed by atoms with van der Waals surface area (Å²) in [6, 6.07) is 7.26. The molecule has 1 amide bonds. The van der Waals surface area contributed by atoms with Gasteiger partial charge in [0.2, 0.25) is 5.91 Å². The second-order valence-corrected chi connectivity index (χ2v) is 6.32.